The first-order valence-corrected chi connectivity index (χ1v) is 2.85. The normalized spacial score (nSPS) is 52.0. The molecule has 4 nitrogen and oxygen atoms in total. The predicted molar refractivity (Wildman–Crippen MR) is 28.6 cm³/mol. The van der Waals surface area contributed by atoms with Gasteiger partial charge in [0.1, 0.15) is 12.2 Å². The number of aliphatic hydroxyl groups is 4. The quantitative estimate of drug-likeness (QED) is 0.304. The van der Waals surface area contributed by atoms with Crippen molar-refractivity contribution in [3.05, 3.63) is 0 Å². The molecule has 0 aromatic heterocycles. The Bertz CT molecular complexity index is 93.1. The van der Waals surface area contributed by atoms with Gasteiger partial charge in [-0.2, -0.15) is 0 Å². The molecule has 4 heteroatoms. The lowest BCUT2D eigenvalue weighted by Gasteiger charge is -2.10. The largest absolute Gasteiger partial charge is 0.390 e. The van der Waals surface area contributed by atoms with Crippen molar-refractivity contribution in [1.29, 1.82) is 0 Å². The summed E-state index contributed by atoms with van der Waals surface area (Å²) >= 11 is 0. The zero-order valence-electron chi connectivity index (χ0n) is 4.81. The second kappa shape index (κ2) is 2.22. The Morgan fingerprint density at radius 3 is 1.22 bits per heavy atom. The summed E-state index contributed by atoms with van der Waals surface area (Å²) in [5, 5.41) is 35.1. The van der Waals surface area contributed by atoms with Gasteiger partial charge in [-0.3, -0.25) is 0 Å². The lowest BCUT2D eigenvalue weighted by molar-refractivity contribution is -0.0413. The van der Waals surface area contributed by atoms with Gasteiger partial charge in [-0.05, 0) is 0 Å². The van der Waals surface area contributed by atoms with Crippen molar-refractivity contribution in [2.45, 2.75) is 30.8 Å². The molecular weight excluding hydrogens is 124 g/mol. The summed E-state index contributed by atoms with van der Waals surface area (Å²) in [4.78, 5) is 0. The van der Waals surface area contributed by atoms with E-state index in [1.807, 2.05) is 0 Å². The van der Waals surface area contributed by atoms with Gasteiger partial charge >= 0.3 is 0 Å². The van der Waals surface area contributed by atoms with Crippen molar-refractivity contribution in [3.8, 4) is 0 Å². The molecule has 0 aromatic carbocycles. The van der Waals surface area contributed by atoms with Crippen LogP contribution in [0.1, 0.15) is 6.42 Å². The van der Waals surface area contributed by atoms with Crippen LogP contribution in [0.15, 0.2) is 0 Å². The van der Waals surface area contributed by atoms with E-state index in [0.717, 1.165) is 0 Å². The second-order valence-corrected chi connectivity index (χ2v) is 2.35. The minimum atomic E-state index is -1.18. The van der Waals surface area contributed by atoms with Crippen LogP contribution < -0.4 is 0 Å². The molecule has 4 N–H and O–H groups in total. The van der Waals surface area contributed by atoms with E-state index in [-0.39, 0.29) is 6.42 Å². The van der Waals surface area contributed by atoms with Gasteiger partial charge in [0, 0.05) is 6.42 Å². The third-order valence-electron chi connectivity index (χ3n) is 1.62. The zero-order chi connectivity index (χ0) is 7.02. The van der Waals surface area contributed by atoms with Crippen molar-refractivity contribution in [2.24, 2.45) is 0 Å². The summed E-state index contributed by atoms with van der Waals surface area (Å²) in [6.07, 6.45) is -4.26. The van der Waals surface area contributed by atoms with Crippen molar-refractivity contribution in [1.82, 2.24) is 0 Å². The lowest BCUT2D eigenvalue weighted by Crippen LogP contribution is -2.32. The van der Waals surface area contributed by atoms with Crippen LogP contribution in [0.25, 0.3) is 0 Å². The maximum absolute atomic E-state index is 8.78. The third kappa shape index (κ3) is 1.07. The summed E-state index contributed by atoms with van der Waals surface area (Å²) in [6, 6.07) is 0. The van der Waals surface area contributed by atoms with E-state index >= 15 is 0 Å². The molecule has 1 aliphatic rings. The number of hydrogen-bond donors (Lipinski definition) is 4. The number of rotatable bonds is 0. The molecule has 0 bridgehead atoms. The van der Waals surface area contributed by atoms with Gasteiger partial charge in [0.05, 0.1) is 12.2 Å². The molecule has 1 aliphatic carbocycles. The van der Waals surface area contributed by atoms with Crippen LogP contribution in [0.4, 0.5) is 0 Å². The topological polar surface area (TPSA) is 80.9 Å². The van der Waals surface area contributed by atoms with Gasteiger partial charge < -0.3 is 20.4 Å². The molecule has 9 heavy (non-hydrogen) atoms. The highest BCUT2D eigenvalue weighted by Gasteiger charge is 2.39. The van der Waals surface area contributed by atoms with Gasteiger partial charge in [0.25, 0.3) is 0 Å². The molecule has 1 rings (SSSR count). The predicted octanol–water partition coefficient (Wildman–Crippen LogP) is -2.17. The van der Waals surface area contributed by atoms with Gasteiger partial charge in [-0.25, -0.2) is 0 Å². The Balaban J connectivity index is 2.54. The van der Waals surface area contributed by atoms with E-state index < -0.39 is 24.4 Å². The standard InChI is InChI=1S/C5H10O4/c6-2-1-3(7)5(9)4(2)8/h2-9H,1H2/t2-,3-,4+,5+/m1/s1. The third-order valence-corrected chi connectivity index (χ3v) is 1.62. The van der Waals surface area contributed by atoms with Gasteiger partial charge in [-0.1, -0.05) is 0 Å². The van der Waals surface area contributed by atoms with E-state index in [1.54, 1.807) is 0 Å². The second-order valence-electron chi connectivity index (χ2n) is 2.35. The molecule has 1 saturated carbocycles. The van der Waals surface area contributed by atoms with Crippen LogP contribution in [-0.4, -0.2) is 44.8 Å². The summed E-state index contributed by atoms with van der Waals surface area (Å²) in [5.74, 6) is 0. The first-order valence-electron chi connectivity index (χ1n) is 2.85. The molecule has 0 saturated heterocycles. The number of aliphatic hydroxyl groups excluding tert-OH is 4. The summed E-state index contributed by atoms with van der Waals surface area (Å²) in [6.45, 7) is 0. The fourth-order valence-corrected chi connectivity index (χ4v) is 0.981. The summed E-state index contributed by atoms with van der Waals surface area (Å²) in [5.41, 5.74) is 0. The maximum atomic E-state index is 8.78. The first-order chi connectivity index (χ1) is 4.13. The van der Waals surface area contributed by atoms with Crippen LogP contribution in [0, 0.1) is 0 Å². The Hall–Kier alpha value is -0.160. The molecule has 0 radical (unpaired) electrons. The van der Waals surface area contributed by atoms with E-state index in [2.05, 4.69) is 0 Å². The highest BCUT2D eigenvalue weighted by Crippen LogP contribution is 2.19. The van der Waals surface area contributed by atoms with Crippen LogP contribution in [0.3, 0.4) is 0 Å². The van der Waals surface area contributed by atoms with Gasteiger partial charge in [0.15, 0.2) is 0 Å². The minimum absolute atomic E-state index is 0.0579. The smallest absolute Gasteiger partial charge is 0.108 e. The Kier molecular flexibility index (Phi) is 1.72. The lowest BCUT2D eigenvalue weighted by atomic mass is 10.2. The summed E-state index contributed by atoms with van der Waals surface area (Å²) < 4.78 is 0. The van der Waals surface area contributed by atoms with Crippen molar-refractivity contribution < 1.29 is 20.4 Å². The molecule has 1 fully saturated rings. The molecule has 4 atom stereocenters. The highest BCUT2D eigenvalue weighted by atomic mass is 16.4. The van der Waals surface area contributed by atoms with Crippen LogP contribution in [0.2, 0.25) is 0 Å². The van der Waals surface area contributed by atoms with Crippen molar-refractivity contribution >= 4 is 0 Å². The minimum Gasteiger partial charge on any atom is -0.390 e. The van der Waals surface area contributed by atoms with Crippen LogP contribution in [-0.2, 0) is 0 Å². The summed E-state index contributed by atoms with van der Waals surface area (Å²) in [7, 11) is 0. The Labute approximate surface area is 52.4 Å². The maximum Gasteiger partial charge on any atom is 0.108 e. The highest BCUT2D eigenvalue weighted by molar-refractivity contribution is 4.90. The van der Waals surface area contributed by atoms with E-state index in [1.165, 1.54) is 0 Å². The van der Waals surface area contributed by atoms with E-state index in [0.29, 0.717) is 0 Å². The molecule has 54 valence electrons. The van der Waals surface area contributed by atoms with Crippen molar-refractivity contribution in [2.75, 3.05) is 0 Å². The monoisotopic (exact) mass is 134 g/mol. The molecule has 0 spiro atoms. The van der Waals surface area contributed by atoms with Gasteiger partial charge in [-0.15, -0.1) is 0 Å². The van der Waals surface area contributed by atoms with Crippen molar-refractivity contribution in [3.63, 3.8) is 0 Å². The van der Waals surface area contributed by atoms with E-state index in [4.69, 9.17) is 20.4 Å². The molecule has 0 aromatic rings. The van der Waals surface area contributed by atoms with Crippen LogP contribution in [0.5, 0.6) is 0 Å². The number of hydrogen-bond acceptors (Lipinski definition) is 4. The Morgan fingerprint density at radius 1 is 0.778 bits per heavy atom. The molecular formula is C5H10O4. The molecule has 0 amide bonds. The Morgan fingerprint density at radius 2 is 1.11 bits per heavy atom. The molecule has 0 unspecified atom stereocenters. The SMILES string of the molecule is O[C@@H]1[C@@H](O)[C@H](O)C[C@H]1O. The van der Waals surface area contributed by atoms with Crippen LogP contribution >= 0.6 is 0 Å². The molecule has 0 aliphatic heterocycles. The first kappa shape index (κ1) is 6.95. The van der Waals surface area contributed by atoms with E-state index in [9.17, 15) is 0 Å². The average Bonchev–Trinajstić information content (AvgIpc) is 1.98. The zero-order valence-corrected chi connectivity index (χ0v) is 4.81. The molecule has 0 heterocycles. The fraction of sp³-hybridized carbons (Fsp3) is 1.00. The van der Waals surface area contributed by atoms with Gasteiger partial charge in [0.2, 0.25) is 0 Å². The fourth-order valence-electron chi connectivity index (χ4n) is 0.981. The average molecular weight is 134 g/mol.